The van der Waals surface area contributed by atoms with E-state index in [1.165, 1.54) is 12.1 Å². The summed E-state index contributed by atoms with van der Waals surface area (Å²) < 4.78 is 25.3. The zero-order valence-electron chi connectivity index (χ0n) is 11.4. The number of hydrogen-bond donors (Lipinski definition) is 1. The van der Waals surface area contributed by atoms with Crippen LogP contribution in [0, 0.1) is 5.92 Å². The minimum atomic E-state index is -3.68. The Labute approximate surface area is 133 Å². The zero-order chi connectivity index (χ0) is 15.9. The van der Waals surface area contributed by atoms with Crippen LogP contribution in [0.2, 0.25) is 5.02 Å². The summed E-state index contributed by atoms with van der Waals surface area (Å²) in [5.74, 6) is -2.56. The Morgan fingerprint density at radius 3 is 2.14 bits per heavy atom. The van der Waals surface area contributed by atoms with Crippen LogP contribution in [-0.4, -0.2) is 24.7 Å². The van der Waals surface area contributed by atoms with Crippen molar-refractivity contribution in [2.24, 2.45) is 5.92 Å². The Balaban J connectivity index is 1.99. The Morgan fingerprint density at radius 1 is 1.00 bits per heavy atom. The highest BCUT2D eigenvalue weighted by Gasteiger charge is 2.63. The normalized spacial score (nSPS) is 24.0. The van der Waals surface area contributed by atoms with Gasteiger partial charge in [-0.25, -0.2) is 8.42 Å². The summed E-state index contributed by atoms with van der Waals surface area (Å²) in [7, 11) is -3.68. The van der Waals surface area contributed by atoms with E-state index in [0.29, 0.717) is 10.6 Å². The highest BCUT2D eigenvalue weighted by atomic mass is 35.5. The van der Waals surface area contributed by atoms with Gasteiger partial charge in [0.1, 0.15) is 0 Å². The van der Waals surface area contributed by atoms with Gasteiger partial charge in [-0.3, -0.25) is 4.79 Å². The summed E-state index contributed by atoms with van der Waals surface area (Å²) in [5, 5.41) is 8.92. The molecule has 22 heavy (non-hydrogen) atoms. The lowest BCUT2D eigenvalue weighted by atomic mass is 10.1. The third kappa shape index (κ3) is 2.51. The maximum Gasteiger partial charge on any atom is 0.308 e. The third-order valence-corrected chi connectivity index (χ3v) is 6.41. The molecule has 0 saturated heterocycles. The molecule has 1 aliphatic carbocycles. The summed E-state index contributed by atoms with van der Waals surface area (Å²) >= 11 is 5.82. The van der Waals surface area contributed by atoms with Crippen LogP contribution in [0.5, 0.6) is 0 Å². The number of carbonyl (C=O) groups is 1. The molecule has 1 fully saturated rings. The second kappa shape index (κ2) is 5.41. The smallest absolute Gasteiger partial charge is 0.308 e. The number of carboxylic acid groups (broad SMARTS) is 1. The van der Waals surface area contributed by atoms with Crippen molar-refractivity contribution in [3.05, 3.63) is 65.2 Å². The fraction of sp³-hybridized carbons (Fsp3) is 0.188. The molecule has 114 valence electrons. The van der Waals surface area contributed by atoms with Crippen LogP contribution in [0.1, 0.15) is 11.5 Å². The summed E-state index contributed by atoms with van der Waals surface area (Å²) in [6.45, 7) is 0. The molecule has 0 amide bonds. The van der Waals surface area contributed by atoms with Gasteiger partial charge in [0.25, 0.3) is 0 Å². The van der Waals surface area contributed by atoms with Crippen molar-refractivity contribution < 1.29 is 18.3 Å². The average molecular weight is 337 g/mol. The van der Waals surface area contributed by atoms with E-state index in [-0.39, 0.29) is 4.90 Å². The molecular weight excluding hydrogens is 324 g/mol. The zero-order valence-corrected chi connectivity index (χ0v) is 13.0. The SMILES string of the molecule is O=C(O)C1C(c2ccc(Cl)cc2)C1S(=O)(=O)c1ccccc1. The highest BCUT2D eigenvalue weighted by molar-refractivity contribution is 7.92. The molecule has 1 saturated carbocycles. The van der Waals surface area contributed by atoms with E-state index in [9.17, 15) is 18.3 Å². The van der Waals surface area contributed by atoms with Gasteiger partial charge in [-0.2, -0.15) is 0 Å². The second-order valence-corrected chi connectivity index (χ2v) is 7.81. The molecule has 3 rings (SSSR count). The van der Waals surface area contributed by atoms with Gasteiger partial charge in [-0.1, -0.05) is 41.9 Å². The number of sulfone groups is 1. The van der Waals surface area contributed by atoms with Gasteiger partial charge in [0.2, 0.25) is 0 Å². The van der Waals surface area contributed by atoms with Crippen LogP contribution in [0.4, 0.5) is 0 Å². The minimum Gasteiger partial charge on any atom is -0.481 e. The molecule has 3 atom stereocenters. The molecule has 0 aliphatic heterocycles. The molecule has 2 aromatic rings. The van der Waals surface area contributed by atoms with Crippen LogP contribution >= 0.6 is 11.6 Å². The minimum absolute atomic E-state index is 0.155. The molecule has 0 heterocycles. The topological polar surface area (TPSA) is 71.4 Å². The largest absolute Gasteiger partial charge is 0.481 e. The molecule has 4 nitrogen and oxygen atoms in total. The molecule has 0 radical (unpaired) electrons. The van der Waals surface area contributed by atoms with Crippen LogP contribution < -0.4 is 0 Å². The van der Waals surface area contributed by atoms with E-state index in [4.69, 9.17) is 11.6 Å². The van der Waals surface area contributed by atoms with Crippen molar-refractivity contribution in [2.75, 3.05) is 0 Å². The van der Waals surface area contributed by atoms with Crippen molar-refractivity contribution in [1.29, 1.82) is 0 Å². The summed E-state index contributed by atoms with van der Waals surface area (Å²) in [6, 6.07) is 14.6. The van der Waals surface area contributed by atoms with Gasteiger partial charge in [0.05, 0.1) is 16.1 Å². The first-order valence-electron chi connectivity index (χ1n) is 6.70. The lowest BCUT2D eigenvalue weighted by Gasteiger charge is -2.04. The van der Waals surface area contributed by atoms with Gasteiger partial charge < -0.3 is 5.11 Å². The molecule has 6 heteroatoms. The fourth-order valence-electron chi connectivity index (χ4n) is 2.81. The van der Waals surface area contributed by atoms with Gasteiger partial charge in [-0.05, 0) is 29.8 Å². The van der Waals surface area contributed by atoms with Crippen LogP contribution in [0.3, 0.4) is 0 Å². The van der Waals surface area contributed by atoms with E-state index >= 15 is 0 Å². The Morgan fingerprint density at radius 2 is 1.59 bits per heavy atom. The van der Waals surface area contributed by atoms with Crippen LogP contribution in [-0.2, 0) is 14.6 Å². The van der Waals surface area contributed by atoms with E-state index in [0.717, 1.165) is 0 Å². The maximum absolute atomic E-state index is 12.7. The fourth-order valence-corrected chi connectivity index (χ4v) is 5.08. The second-order valence-electron chi connectivity index (χ2n) is 5.26. The predicted octanol–water partition coefficient (Wildman–Crippen LogP) is 2.98. The quantitative estimate of drug-likeness (QED) is 0.931. The molecule has 1 aliphatic rings. The molecule has 1 N–H and O–H groups in total. The number of hydrogen-bond acceptors (Lipinski definition) is 3. The van der Waals surface area contributed by atoms with E-state index < -0.39 is 32.9 Å². The van der Waals surface area contributed by atoms with Crippen molar-refractivity contribution in [3.63, 3.8) is 0 Å². The van der Waals surface area contributed by atoms with E-state index in [2.05, 4.69) is 0 Å². The summed E-state index contributed by atoms with van der Waals surface area (Å²) in [4.78, 5) is 11.6. The van der Waals surface area contributed by atoms with Crippen LogP contribution in [0.15, 0.2) is 59.5 Å². The first-order valence-corrected chi connectivity index (χ1v) is 8.62. The highest BCUT2D eigenvalue weighted by Crippen LogP contribution is 2.54. The van der Waals surface area contributed by atoms with Crippen molar-refractivity contribution in [3.8, 4) is 0 Å². The monoisotopic (exact) mass is 336 g/mol. The molecule has 2 aromatic carbocycles. The van der Waals surface area contributed by atoms with Crippen molar-refractivity contribution in [1.82, 2.24) is 0 Å². The first kappa shape index (κ1) is 15.1. The van der Waals surface area contributed by atoms with E-state index in [1.807, 2.05) is 0 Å². The maximum atomic E-state index is 12.7. The Kier molecular flexibility index (Phi) is 3.70. The number of aliphatic carboxylic acids is 1. The summed E-state index contributed by atoms with van der Waals surface area (Å²) in [6.07, 6.45) is 0. The molecule has 3 unspecified atom stereocenters. The molecular formula is C16H13ClO4S. The van der Waals surface area contributed by atoms with Crippen molar-refractivity contribution >= 4 is 27.4 Å². The average Bonchev–Trinajstić information content (AvgIpc) is 3.25. The standard InChI is InChI=1S/C16H13ClO4S/c17-11-8-6-10(7-9-11)13-14(16(18)19)15(13)22(20,21)12-4-2-1-3-5-12/h1-9,13-15H,(H,18,19). The van der Waals surface area contributed by atoms with Gasteiger partial charge in [0.15, 0.2) is 9.84 Å². The van der Waals surface area contributed by atoms with Gasteiger partial charge in [0, 0.05) is 10.9 Å². The molecule has 0 bridgehead atoms. The lowest BCUT2D eigenvalue weighted by Crippen LogP contribution is -2.13. The third-order valence-electron chi connectivity index (χ3n) is 3.92. The van der Waals surface area contributed by atoms with Gasteiger partial charge in [-0.15, -0.1) is 0 Å². The first-order chi connectivity index (χ1) is 10.4. The van der Waals surface area contributed by atoms with Crippen LogP contribution in [0.25, 0.3) is 0 Å². The van der Waals surface area contributed by atoms with E-state index in [1.54, 1.807) is 42.5 Å². The summed E-state index contributed by atoms with van der Waals surface area (Å²) in [5.41, 5.74) is 0.682. The number of benzene rings is 2. The number of halogens is 1. The Hall–Kier alpha value is -1.85. The van der Waals surface area contributed by atoms with Gasteiger partial charge >= 0.3 is 5.97 Å². The predicted molar refractivity (Wildman–Crippen MR) is 82.7 cm³/mol. The number of rotatable bonds is 4. The molecule has 0 spiro atoms. The lowest BCUT2D eigenvalue weighted by molar-refractivity contribution is -0.138. The van der Waals surface area contributed by atoms with Crippen molar-refractivity contribution in [2.45, 2.75) is 16.1 Å². The molecule has 0 aromatic heterocycles. The Bertz CT molecular complexity index is 800. The number of carboxylic acids is 1.